The van der Waals surface area contributed by atoms with Gasteiger partial charge in [-0.05, 0) is 44.9 Å². The molecular formula is C15H27NO3. The molecule has 1 saturated carbocycles. The zero-order valence-corrected chi connectivity index (χ0v) is 12.2. The zero-order chi connectivity index (χ0) is 13.8. The fraction of sp³-hybridized carbons (Fsp3) is 0.933. The van der Waals surface area contributed by atoms with Gasteiger partial charge in [0.2, 0.25) is 5.91 Å². The first kappa shape index (κ1) is 14.8. The Kier molecular flexibility index (Phi) is 5.22. The van der Waals surface area contributed by atoms with Crippen molar-refractivity contribution >= 4 is 5.91 Å². The van der Waals surface area contributed by atoms with Gasteiger partial charge in [0.25, 0.3) is 0 Å². The minimum Gasteiger partial charge on any atom is -0.393 e. The average molecular weight is 269 g/mol. The highest BCUT2D eigenvalue weighted by atomic mass is 16.5. The van der Waals surface area contributed by atoms with Gasteiger partial charge in [0.15, 0.2) is 0 Å². The third kappa shape index (κ3) is 3.93. The second-order valence-corrected chi connectivity index (χ2v) is 6.21. The van der Waals surface area contributed by atoms with Gasteiger partial charge in [-0.2, -0.15) is 0 Å². The van der Waals surface area contributed by atoms with Crippen LogP contribution in [0.3, 0.4) is 0 Å². The van der Waals surface area contributed by atoms with Crippen LogP contribution in [0.4, 0.5) is 0 Å². The summed E-state index contributed by atoms with van der Waals surface area (Å²) in [5.41, 5.74) is 0. The van der Waals surface area contributed by atoms with Gasteiger partial charge >= 0.3 is 0 Å². The van der Waals surface area contributed by atoms with E-state index in [2.05, 4.69) is 0 Å². The second kappa shape index (κ2) is 6.71. The molecule has 0 aromatic heterocycles. The molecule has 2 atom stereocenters. The summed E-state index contributed by atoms with van der Waals surface area (Å²) >= 11 is 0. The SMILES string of the molecule is COC1CCC(CC(=O)N2CCC(C(C)O)C2)CC1. The Morgan fingerprint density at radius 2 is 2.00 bits per heavy atom. The Bertz CT molecular complexity index is 298. The highest BCUT2D eigenvalue weighted by Crippen LogP contribution is 2.29. The van der Waals surface area contributed by atoms with Crippen LogP contribution >= 0.6 is 0 Å². The van der Waals surface area contributed by atoms with E-state index in [1.165, 1.54) is 0 Å². The number of carbonyl (C=O) groups is 1. The zero-order valence-electron chi connectivity index (χ0n) is 12.2. The lowest BCUT2D eigenvalue weighted by Gasteiger charge is -2.28. The number of nitrogens with zero attached hydrogens (tertiary/aromatic N) is 1. The maximum absolute atomic E-state index is 12.2. The number of aliphatic hydroxyl groups is 1. The van der Waals surface area contributed by atoms with Crippen LogP contribution in [0.2, 0.25) is 0 Å². The van der Waals surface area contributed by atoms with Crippen LogP contribution in [-0.4, -0.2) is 48.3 Å². The quantitative estimate of drug-likeness (QED) is 0.847. The first-order valence-corrected chi connectivity index (χ1v) is 7.58. The van der Waals surface area contributed by atoms with Crippen molar-refractivity contribution in [3.05, 3.63) is 0 Å². The molecule has 110 valence electrons. The van der Waals surface area contributed by atoms with Crippen molar-refractivity contribution in [1.29, 1.82) is 0 Å². The van der Waals surface area contributed by atoms with Crippen molar-refractivity contribution < 1.29 is 14.6 Å². The smallest absolute Gasteiger partial charge is 0.222 e. The summed E-state index contributed by atoms with van der Waals surface area (Å²) in [6, 6.07) is 0. The third-order valence-corrected chi connectivity index (χ3v) is 4.85. The van der Waals surface area contributed by atoms with E-state index in [9.17, 15) is 9.90 Å². The molecule has 4 heteroatoms. The normalized spacial score (nSPS) is 33.4. The summed E-state index contributed by atoms with van der Waals surface area (Å²) in [7, 11) is 1.77. The average Bonchev–Trinajstić information content (AvgIpc) is 2.89. The summed E-state index contributed by atoms with van der Waals surface area (Å²) in [5, 5.41) is 9.58. The molecule has 0 bridgehead atoms. The van der Waals surface area contributed by atoms with E-state index >= 15 is 0 Å². The lowest BCUT2D eigenvalue weighted by atomic mass is 9.85. The molecule has 0 aromatic carbocycles. The number of aliphatic hydroxyl groups excluding tert-OH is 1. The van der Waals surface area contributed by atoms with Crippen LogP contribution in [-0.2, 0) is 9.53 Å². The highest BCUT2D eigenvalue weighted by molar-refractivity contribution is 5.76. The summed E-state index contributed by atoms with van der Waals surface area (Å²) in [6.45, 7) is 3.39. The predicted molar refractivity (Wildman–Crippen MR) is 73.7 cm³/mol. The molecule has 1 aliphatic carbocycles. The Morgan fingerprint density at radius 1 is 1.32 bits per heavy atom. The van der Waals surface area contributed by atoms with E-state index in [1.807, 2.05) is 11.8 Å². The van der Waals surface area contributed by atoms with Crippen molar-refractivity contribution in [2.45, 2.75) is 57.7 Å². The molecule has 1 N–H and O–H groups in total. The Balaban J connectivity index is 1.73. The Labute approximate surface area is 116 Å². The van der Waals surface area contributed by atoms with Crippen molar-refractivity contribution in [3.63, 3.8) is 0 Å². The number of likely N-dealkylation sites (tertiary alicyclic amines) is 1. The standard InChI is InChI=1S/C15H27NO3/c1-11(17)13-7-8-16(10-13)15(18)9-12-3-5-14(19-2)6-4-12/h11-14,17H,3-10H2,1-2H3. The third-order valence-electron chi connectivity index (χ3n) is 4.85. The van der Waals surface area contributed by atoms with Crippen LogP contribution in [0, 0.1) is 11.8 Å². The topological polar surface area (TPSA) is 49.8 Å². The fourth-order valence-corrected chi connectivity index (χ4v) is 3.36. The van der Waals surface area contributed by atoms with Gasteiger partial charge in [0.1, 0.15) is 0 Å². The summed E-state index contributed by atoms with van der Waals surface area (Å²) in [4.78, 5) is 14.2. The molecule has 0 radical (unpaired) electrons. The van der Waals surface area contributed by atoms with Gasteiger partial charge in [-0.3, -0.25) is 4.79 Å². The molecule has 2 unspecified atom stereocenters. The van der Waals surface area contributed by atoms with Crippen LogP contribution in [0.1, 0.15) is 45.4 Å². The van der Waals surface area contributed by atoms with E-state index in [1.54, 1.807) is 7.11 Å². The fourth-order valence-electron chi connectivity index (χ4n) is 3.36. The largest absolute Gasteiger partial charge is 0.393 e. The van der Waals surface area contributed by atoms with Crippen molar-refractivity contribution in [3.8, 4) is 0 Å². The van der Waals surface area contributed by atoms with Crippen LogP contribution in [0.25, 0.3) is 0 Å². The molecule has 2 fully saturated rings. The number of ether oxygens (including phenoxy) is 1. The van der Waals surface area contributed by atoms with Crippen LogP contribution < -0.4 is 0 Å². The minimum absolute atomic E-state index is 0.271. The van der Waals surface area contributed by atoms with Crippen molar-refractivity contribution in [2.75, 3.05) is 20.2 Å². The Morgan fingerprint density at radius 3 is 2.53 bits per heavy atom. The summed E-state index contributed by atoms with van der Waals surface area (Å²) < 4.78 is 5.36. The molecule has 2 aliphatic rings. The molecule has 0 spiro atoms. The number of hydrogen-bond donors (Lipinski definition) is 1. The lowest BCUT2D eigenvalue weighted by Crippen LogP contribution is -2.32. The Hall–Kier alpha value is -0.610. The van der Waals surface area contributed by atoms with E-state index < -0.39 is 0 Å². The first-order valence-electron chi connectivity index (χ1n) is 7.58. The maximum atomic E-state index is 12.2. The number of methoxy groups -OCH3 is 1. The summed E-state index contributed by atoms with van der Waals surface area (Å²) in [6.07, 6.45) is 6.13. The molecule has 1 amide bonds. The van der Waals surface area contributed by atoms with E-state index in [4.69, 9.17) is 4.74 Å². The molecule has 2 rings (SSSR count). The highest BCUT2D eigenvalue weighted by Gasteiger charge is 2.31. The number of amides is 1. The van der Waals surface area contributed by atoms with E-state index in [0.717, 1.165) is 45.2 Å². The van der Waals surface area contributed by atoms with Gasteiger partial charge in [-0.25, -0.2) is 0 Å². The molecule has 4 nitrogen and oxygen atoms in total. The number of carbonyl (C=O) groups excluding carboxylic acids is 1. The van der Waals surface area contributed by atoms with E-state index in [-0.39, 0.29) is 17.9 Å². The molecule has 19 heavy (non-hydrogen) atoms. The molecule has 1 aliphatic heterocycles. The molecule has 1 saturated heterocycles. The monoisotopic (exact) mass is 269 g/mol. The molecule has 1 heterocycles. The van der Waals surface area contributed by atoms with Gasteiger partial charge in [-0.1, -0.05) is 0 Å². The van der Waals surface area contributed by atoms with Gasteiger partial charge in [0.05, 0.1) is 12.2 Å². The van der Waals surface area contributed by atoms with E-state index in [0.29, 0.717) is 18.4 Å². The van der Waals surface area contributed by atoms with Crippen molar-refractivity contribution in [1.82, 2.24) is 4.90 Å². The first-order chi connectivity index (χ1) is 9.10. The van der Waals surface area contributed by atoms with Gasteiger partial charge in [-0.15, -0.1) is 0 Å². The maximum Gasteiger partial charge on any atom is 0.222 e. The van der Waals surface area contributed by atoms with Crippen LogP contribution in [0.15, 0.2) is 0 Å². The minimum atomic E-state index is -0.296. The lowest BCUT2D eigenvalue weighted by molar-refractivity contribution is -0.131. The van der Waals surface area contributed by atoms with Crippen molar-refractivity contribution in [2.24, 2.45) is 11.8 Å². The van der Waals surface area contributed by atoms with Crippen LogP contribution in [0.5, 0.6) is 0 Å². The summed E-state index contributed by atoms with van der Waals surface area (Å²) in [5.74, 6) is 1.08. The number of rotatable bonds is 4. The predicted octanol–water partition coefficient (Wildman–Crippen LogP) is 1.81. The van der Waals surface area contributed by atoms with Gasteiger partial charge in [0, 0.05) is 32.5 Å². The second-order valence-electron chi connectivity index (χ2n) is 6.21. The molecule has 0 aromatic rings. The number of hydrogen-bond acceptors (Lipinski definition) is 3. The van der Waals surface area contributed by atoms with Gasteiger partial charge < -0.3 is 14.7 Å². The molecular weight excluding hydrogens is 242 g/mol.